The molecule has 124 valence electrons. The number of likely N-dealkylation sites (tertiary alicyclic amines) is 2. The highest BCUT2D eigenvalue weighted by molar-refractivity contribution is 5.98. The van der Waals surface area contributed by atoms with Crippen LogP contribution in [0.3, 0.4) is 0 Å². The molecule has 3 aliphatic heterocycles. The lowest BCUT2D eigenvalue weighted by molar-refractivity contribution is -0.120. The molecule has 4 rings (SSSR count). The Morgan fingerprint density at radius 2 is 2.00 bits per heavy atom. The van der Waals surface area contributed by atoms with E-state index in [9.17, 15) is 4.79 Å². The molecule has 1 amide bonds. The van der Waals surface area contributed by atoms with Crippen molar-refractivity contribution in [2.75, 3.05) is 44.7 Å². The minimum atomic E-state index is 0.300. The number of rotatable bonds is 2. The van der Waals surface area contributed by atoms with Crippen molar-refractivity contribution < 1.29 is 4.79 Å². The number of hydrogen-bond acceptors (Lipinski definition) is 3. The maximum Gasteiger partial charge on any atom is 0.241 e. The first-order valence-electron chi connectivity index (χ1n) is 8.97. The van der Waals surface area contributed by atoms with Gasteiger partial charge in [-0.15, -0.1) is 0 Å². The Morgan fingerprint density at radius 3 is 2.78 bits per heavy atom. The van der Waals surface area contributed by atoms with Crippen LogP contribution in [0.4, 0.5) is 5.69 Å². The summed E-state index contributed by atoms with van der Waals surface area (Å²) in [7, 11) is 2.19. The van der Waals surface area contributed by atoms with Crippen molar-refractivity contribution in [2.45, 2.75) is 38.1 Å². The SMILES string of the molecule is Cc1ccc2c(c1)[C@@H]1CN(C)CC[C@H]1N2C(=O)CN1CCCC1. The van der Waals surface area contributed by atoms with Crippen LogP contribution in [0, 0.1) is 6.92 Å². The van der Waals surface area contributed by atoms with Gasteiger partial charge >= 0.3 is 0 Å². The molecule has 2 fully saturated rings. The molecule has 0 bridgehead atoms. The van der Waals surface area contributed by atoms with Gasteiger partial charge < -0.3 is 9.80 Å². The summed E-state index contributed by atoms with van der Waals surface area (Å²) in [5.41, 5.74) is 3.85. The van der Waals surface area contributed by atoms with Gasteiger partial charge in [-0.3, -0.25) is 9.69 Å². The van der Waals surface area contributed by atoms with Crippen LogP contribution in [0.2, 0.25) is 0 Å². The maximum atomic E-state index is 13.1. The van der Waals surface area contributed by atoms with Gasteiger partial charge in [0.25, 0.3) is 0 Å². The summed E-state index contributed by atoms with van der Waals surface area (Å²) >= 11 is 0. The number of carbonyl (C=O) groups excluding carboxylic acids is 1. The van der Waals surface area contributed by atoms with Gasteiger partial charge in [-0.2, -0.15) is 0 Å². The molecule has 0 radical (unpaired) electrons. The molecule has 3 aliphatic rings. The Balaban J connectivity index is 1.64. The van der Waals surface area contributed by atoms with Crippen LogP contribution < -0.4 is 4.90 Å². The molecule has 0 saturated carbocycles. The van der Waals surface area contributed by atoms with E-state index in [1.165, 1.54) is 29.7 Å². The first-order chi connectivity index (χ1) is 11.1. The number of fused-ring (bicyclic) bond motifs is 3. The van der Waals surface area contributed by atoms with Crippen LogP contribution in [-0.2, 0) is 4.79 Å². The van der Waals surface area contributed by atoms with E-state index >= 15 is 0 Å². The summed E-state index contributed by atoms with van der Waals surface area (Å²) in [4.78, 5) is 19.9. The normalized spacial score (nSPS) is 28.0. The number of aryl methyl sites for hydroxylation is 1. The first kappa shape index (κ1) is 15.2. The number of piperidine rings is 1. The molecular weight excluding hydrogens is 286 g/mol. The highest BCUT2D eigenvalue weighted by Gasteiger charge is 2.43. The Kier molecular flexibility index (Phi) is 3.90. The van der Waals surface area contributed by atoms with E-state index in [4.69, 9.17) is 0 Å². The van der Waals surface area contributed by atoms with Gasteiger partial charge in [0.15, 0.2) is 0 Å². The number of likely N-dealkylation sites (N-methyl/N-ethyl adjacent to an activating group) is 1. The smallest absolute Gasteiger partial charge is 0.241 e. The van der Waals surface area contributed by atoms with E-state index in [0.29, 0.717) is 24.4 Å². The van der Waals surface area contributed by atoms with Gasteiger partial charge in [-0.05, 0) is 64.5 Å². The van der Waals surface area contributed by atoms with Crippen molar-refractivity contribution in [1.29, 1.82) is 0 Å². The van der Waals surface area contributed by atoms with Gasteiger partial charge in [0.2, 0.25) is 5.91 Å². The Morgan fingerprint density at radius 1 is 1.22 bits per heavy atom. The highest BCUT2D eigenvalue weighted by atomic mass is 16.2. The van der Waals surface area contributed by atoms with E-state index in [1.54, 1.807) is 0 Å². The minimum absolute atomic E-state index is 0.300. The molecule has 0 aliphatic carbocycles. The topological polar surface area (TPSA) is 26.8 Å². The molecule has 1 aromatic carbocycles. The Hall–Kier alpha value is -1.39. The van der Waals surface area contributed by atoms with E-state index in [-0.39, 0.29) is 0 Å². The fourth-order valence-electron chi connectivity index (χ4n) is 4.61. The molecule has 0 unspecified atom stereocenters. The van der Waals surface area contributed by atoms with E-state index < -0.39 is 0 Å². The second-order valence-electron chi connectivity index (χ2n) is 7.53. The fourth-order valence-corrected chi connectivity index (χ4v) is 4.61. The van der Waals surface area contributed by atoms with Crippen LogP contribution in [0.15, 0.2) is 18.2 Å². The number of carbonyl (C=O) groups is 1. The summed E-state index contributed by atoms with van der Waals surface area (Å²) in [6, 6.07) is 6.98. The Labute approximate surface area is 139 Å². The third kappa shape index (κ3) is 2.68. The van der Waals surface area contributed by atoms with Gasteiger partial charge in [-0.25, -0.2) is 0 Å². The molecule has 2 saturated heterocycles. The first-order valence-corrected chi connectivity index (χ1v) is 8.97. The summed E-state index contributed by atoms with van der Waals surface area (Å²) in [5.74, 6) is 0.778. The standard InChI is InChI=1S/C19H27N3O/c1-14-5-6-17-15(11-14)16-12-20(2)10-7-18(16)22(17)19(23)13-21-8-3-4-9-21/h5-6,11,16,18H,3-4,7-10,12-13H2,1-2H3/t16-,18+/m0/s1. The number of amides is 1. The summed E-state index contributed by atoms with van der Waals surface area (Å²) in [6.07, 6.45) is 3.56. The number of anilines is 1. The summed E-state index contributed by atoms with van der Waals surface area (Å²) < 4.78 is 0. The zero-order valence-corrected chi connectivity index (χ0v) is 14.3. The Bertz CT molecular complexity index is 609. The third-order valence-corrected chi connectivity index (χ3v) is 5.78. The second kappa shape index (κ2) is 5.91. The quantitative estimate of drug-likeness (QED) is 0.838. The molecule has 4 heteroatoms. The van der Waals surface area contributed by atoms with Gasteiger partial charge in [0.1, 0.15) is 0 Å². The van der Waals surface area contributed by atoms with Crippen molar-refractivity contribution in [3.05, 3.63) is 29.3 Å². The van der Waals surface area contributed by atoms with E-state index in [1.807, 2.05) is 0 Å². The summed E-state index contributed by atoms with van der Waals surface area (Å²) in [6.45, 7) is 7.05. The van der Waals surface area contributed by atoms with Crippen LogP contribution in [0.5, 0.6) is 0 Å². The molecule has 3 heterocycles. The predicted molar refractivity (Wildman–Crippen MR) is 93.0 cm³/mol. The average Bonchev–Trinajstić information content (AvgIpc) is 3.13. The van der Waals surface area contributed by atoms with Gasteiger partial charge in [0, 0.05) is 24.2 Å². The van der Waals surface area contributed by atoms with Crippen molar-refractivity contribution >= 4 is 11.6 Å². The molecule has 0 aromatic heterocycles. The molecular formula is C19H27N3O. The van der Waals surface area contributed by atoms with E-state index in [0.717, 1.165) is 32.6 Å². The monoisotopic (exact) mass is 313 g/mol. The van der Waals surface area contributed by atoms with Crippen molar-refractivity contribution in [3.8, 4) is 0 Å². The lowest BCUT2D eigenvalue weighted by atomic mass is 9.89. The molecule has 4 nitrogen and oxygen atoms in total. The summed E-state index contributed by atoms with van der Waals surface area (Å²) in [5, 5.41) is 0. The molecule has 0 N–H and O–H groups in total. The number of benzene rings is 1. The molecule has 0 spiro atoms. The molecule has 2 atom stereocenters. The van der Waals surface area contributed by atoms with Crippen LogP contribution in [-0.4, -0.2) is 61.5 Å². The maximum absolute atomic E-state index is 13.1. The third-order valence-electron chi connectivity index (χ3n) is 5.78. The number of nitrogens with zero attached hydrogens (tertiary/aromatic N) is 3. The van der Waals surface area contributed by atoms with Crippen molar-refractivity contribution in [3.63, 3.8) is 0 Å². The zero-order chi connectivity index (χ0) is 16.0. The van der Waals surface area contributed by atoms with Crippen molar-refractivity contribution in [1.82, 2.24) is 9.80 Å². The lowest BCUT2D eigenvalue weighted by Crippen LogP contribution is -2.49. The van der Waals surface area contributed by atoms with Gasteiger partial charge in [0.05, 0.1) is 6.54 Å². The average molecular weight is 313 g/mol. The molecule has 23 heavy (non-hydrogen) atoms. The zero-order valence-electron chi connectivity index (χ0n) is 14.3. The minimum Gasteiger partial charge on any atom is -0.307 e. The van der Waals surface area contributed by atoms with Crippen LogP contribution >= 0.6 is 0 Å². The fraction of sp³-hybridized carbons (Fsp3) is 0.632. The van der Waals surface area contributed by atoms with Crippen LogP contribution in [0.25, 0.3) is 0 Å². The molecule has 1 aromatic rings. The highest BCUT2D eigenvalue weighted by Crippen LogP contribution is 2.44. The lowest BCUT2D eigenvalue weighted by Gasteiger charge is -2.37. The number of hydrogen-bond donors (Lipinski definition) is 0. The van der Waals surface area contributed by atoms with E-state index in [2.05, 4.69) is 46.9 Å². The van der Waals surface area contributed by atoms with Gasteiger partial charge in [-0.1, -0.05) is 17.7 Å². The van der Waals surface area contributed by atoms with Crippen molar-refractivity contribution in [2.24, 2.45) is 0 Å². The largest absolute Gasteiger partial charge is 0.307 e. The predicted octanol–water partition coefficient (Wildman–Crippen LogP) is 2.23. The van der Waals surface area contributed by atoms with Crippen LogP contribution in [0.1, 0.15) is 36.3 Å². The second-order valence-corrected chi connectivity index (χ2v) is 7.53.